The number of hydrogen-bond acceptors (Lipinski definition) is 2. The maximum Gasteiger partial charge on any atom is 0.0919 e. The van der Waals surface area contributed by atoms with E-state index in [1.807, 2.05) is 30.3 Å². The normalized spacial score (nSPS) is 33.8. The van der Waals surface area contributed by atoms with Crippen LogP contribution in [0.2, 0.25) is 0 Å². The molecule has 2 nitrogen and oxygen atoms in total. The van der Waals surface area contributed by atoms with Crippen LogP contribution in [0, 0.1) is 0 Å². The minimum atomic E-state index is -0.815. The van der Waals surface area contributed by atoms with Gasteiger partial charge in [0.25, 0.3) is 0 Å². The average Bonchev–Trinajstić information content (AvgIpc) is 2.78. The summed E-state index contributed by atoms with van der Waals surface area (Å²) in [5.74, 6) is 0. The van der Waals surface area contributed by atoms with Crippen molar-refractivity contribution in [1.29, 1.82) is 0 Å². The van der Waals surface area contributed by atoms with Gasteiger partial charge in [0.2, 0.25) is 0 Å². The third-order valence-electron chi connectivity index (χ3n) is 5.11. The number of hydrogen-bond donors (Lipinski definition) is 1. The summed E-state index contributed by atoms with van der Waals surface area (Å²) < 4.78 is 12.2. The Bertz CT molecular complexity index is 694. The minimum Gasteiger partial charge on any atom is -0.385 e. The molecule has 2 unspecified atom stereocenters. The Kier molecular flexibility index (Phi) is 3.43. The molecule has 2 aliphatic heterocycles. The van der Waals surface area contributed by atoms with Crippen LogP contribution in [0.15, 0.2) is 54.6 Å². The van der Waals surface area contributed by atoms with Gasteiger partial charge in [-0.25, -0.2) is 0 Å². The van der Waals surface area contributed by atoms with Crippen LogP contribution in [-0.2, 0) is 16.4 Å². The van der Waals surface area contributed by atoms with Crippen molar-refractivity contribution in [3.63, 3.8) is 0 Å². The second kappa shape index (κ2) is 5.32. The van der Waals surface area contributed by atoms with Crippen molar-refractivity contribution in [2.45, 2.75) is 41.8 Å². The second-order valence-corrected chi connectivity index (χ2v) is 8.53. The van der Waals surface area contributed by atoms with Crippen LogP contribution in [0.1, 0.15) is 31.2 Å². The monoisotopic (exact) mass is 312 g/mol. The van der Waals surface area contributed by atoms with E-state index in [0.717, 1.165) is 29.5 Å². The predicted octanol–water partition coefficient (Wildman–Crippen LogP) is 3.61. The Morgan fingerprint density at radius 3 is 2.23 bits per heavy atom. The van der Waals surface area contributed by atoms with E-state index in [2.05, 4.69) is 24.3 Å². The number of aliphatic hydroxyl groups is 1. The maximum absolute atomic E-state index is 12.2. The minimum absolute atomic E-state index is 0.170. The highest BCUT2D eigenvalue weighted by Gasteiger charge is 2.48. The molecular weight excluding hydrogens is 292 g/mol. The molecule has 0 aromatic heterocycles. The van der Waals surface area contributed by atoms with E-state index in [1.165, 1.54) is 0 Å². The van der Waals surface area contributed by atoms with Crippen molar-refractivity contribution in [1.82, 2.24) is 0 Å². The maximum atomic E-state index is 12.2. The standard InChI is InChI=1S/C19H20O2S/c20-19(12-17-9-10-18(13-19)22(17)21)16-8-4-7-15(11-16)14-5-2-1-3-6-14/h1-8,11,17-18,20H,9-10,12-13H2. The average molecular weight is 312 g/mol. The molecule has 2 fully saturated rings. The molecule has 2 aromatic carbocycles. The molecule has 114 valence electrons. The topological polar surface area (TPSA) is 37.3 Å². The molecule has 4 rings (SSSR count). The van der Waals surface area contributed by atoms with Gasteiger partial charge in [0.05, 0.1) is 5.60 Å². The van der Waals surface area contributed by atoms with Gasteiger partial charge >= 0.3 is 0 Å². The zero-order valence-corrected chi connectivity index (χ0v) is 13.3. The van der Waals surface area contributed by atoms with Crippen molar-refractivity contribution in [3.05, 3.63) is 60.2 Å². The van der Waals surface area contributed by atoms with Crippen molar-refractivity contribution >= 4 is 10.8 Å². The molecular formula is C19H20O2S. The van der Waals surface area contributed by atoms with Crippen LogP contribution in [0.5, 0.6) is 0 Å². The Hall–Kier alpha value is -1.45. The molecule has 3 heteroatoms. The number of fused-ring (bicyclic) bond motifs is 2. The van der Waals surface area contributed by atoms with Gasteiger partial charge in [-0.2, -0.15) is 0 Å². The summed E-state index contributed by atoms with van der Waals surface area (Å²) >= 11 is 0. The van der Waals surface area contributed by atoms with E-state index in [0.29, 0.717) is 12.8 Å². The van der Waals surface area contributed by atoms with Crippen LogP contribution < -0.4 is 0 Å². The van der Waals surface area contributed by atoms with Crippen molar-refractivity contribution in [2.75, 3.05) is 0 Å². The molecule has 22 heavy (non-hydrogen) atoms. The molecule has 2 heterocycles. The lowest BCUT2D eigenvalue weighted by atomic mass is 9.84. The van der Waals surface area contributed by atoms with Crippen molar-refractivity contribution in [3.8, 4) is 11.1 Å². The molecule has 0 amide bonds. The summed E-state index contributed by atoms with van der Waals surface area (Å²) in [6, 6.07) is 18.5. The third-order valence-corrected chi connectivity index (χ3v) is 7.22. The molecule has 2 saturated heterocycles. The summed E-state index contributed by atoms with van der Waals surface area (Å²) in [5, 5.41) is 11.5. The van der Waals surface area contributed by atoms with E-state index in [-0.39, 0.29) is 10.5 Å². The Labute approximate surface area is 133 Å². The summed E-state index contributed by atoms with van der Waals surface area (Å²) in [7, 11) is -0.740. The highest BCUT2D eigenvalue weighted by molar-refractivity contribution is 7.86. The Morgan fingerprint density at radius 1 is 0.909 bits per heavy atom. The zero-order valence-electron chi connectivity index (χ0n) is 12.4. The third kappa shape index (κ3) is 2.33. The zero-order chi connectivity index (χ0) is 15.2. The van der Waals surface area contributed by atoms with Gasteiger partial charge in [-0.1, -0.05) is 48.5 Å². The molecule has 1 N–H and O–H groups in total. The van der Waals surface area contributed by atoms with E-state index < -0.39 is 16.4 Å². The predicted molar refractivity (Wildman–Crippen MR) is 90.0 cm³/mol. The van der Waals surface area contributed by atoms with Gasteiger partial charge in [-0.05, 0) is 48.4 Å². The molecule has 2 atom stereocenters. The molecule has 0 saturated carbocycles. The first-order chi connectivity index (χ1) is 10.7. The van der Waals surface area contributed by atoms with Gasteiger partial charge in [0, 0.05) is 21.3 Å². The fraction of sp³-hybridized carbons (Fsp3) is 0.368. The van der Waals surface area contributed by atoms with Gasteiger partial charge < -0.3 is 5.11 Å². The first-order valence-electron chi connectivity index (χ1n) is 7.93. The summed E-state index contributed by atoms with van der Waals surface area (Å²) in [4.78, 5) is 0. The smallest absolute Gasteiger partial charge is 0.0919 e. The summed E-state index contributed by atoms with van der Waals surface area (Å²) in [5.41, 5.74) is 2.45. The molecule has 2 aliphatic rings. The van der Waals surface area contributed by atoms with Gasteiger partial charge in [-0.15, -0.1) is 0 Å². The molecule has 0 radical (unpaired) electrons. The second-order valence-electron chi connectivity index (χ2n) is 6.54. The SMILES string of the molecule is O=S1C2CCC1CC(O)(c1cccc(-c3ccccc3)c1)C2. The van der Waals surface area contributed by atoms with Crippen LogP contribution in [0.4, 0.5) is 0 Å². The highest BCUT2D eigenvalue weighted by Crippen LogP contribution is 2.46. The lowest BCUT2D eigenvalue weighted by molar-refractivity contribution is 0.0185. The number of rotatable bonds is 2. The fourth-order valence-corrected chi connectivity index (χ4v) is 6.10. The lowest BCUT2D eigenvalue weighted by Crippen LogP contribution is -2.40. The van der Waals surface area contributed by atoms with Crippen LogP contribution >= 0.6 is 0 Å². The van der Waals surface area contributed by atoms with Gasteiger partial charge in [0.1, 0.15) is 0 Å². The largest absolute Gasteiger partial charge is 0.385 e. The molecule has 2 aromatic rings. The Balaban J connectivity index is 1.70. The molecule has 0 aliphatic carbocycles. The number of benzene rings is 2. The summed E-state index contributed by atoms with van der Waals surface area (Å²) in [6.45, 7) is 0. The van der Waals surface area contributed by atoms with Gasteiger partial charge in [-0.3, -0.25) is 4.21 Å². The van der Waals surface area contributed by atoms with Crippen LogP contribution in [0.3, 0.4) is 0 Å². The molecule has 0 spiro atoms. The van der Waals surface area contributed by atoms with Crippen molar-refractivity contribution in [2.24, 2.45) is 0 Å². The molecule has 2 bridgehead atoms. The van der Waals surface area contributed by atoms with Gasteiger partial charge in [0.15, 0.2) is 0 Å². The fourth-order valence-electron chi connectivity index (χ4n) is 3.94. The van der Waals surface area contributed by atoms with E-state index >= 15 is 0 Å². The first kappa shape index (κ1) is 14.2. The first-order valence-corrected chi connectivity index (χ1v) is 9.21. The van der Waals surface area contributed by atoms with Crippen molar-refractivity contribution < 1.29 is 9.32 Å². The van der Waals surface area contributed by atoms with E-state index in [9.17, 15) is 9.32 Å². The van der Waals surface area contributed by atoms with E-state index in [4.69, 9.17) is 0 Å². The van der Waals surface area contributed by atoms with E-state index in [1.54, 1.807) is 0 Å². The summed E-state index contributed by atoms with van der Waals surface area (Å²) in [6.07, 6.45) is 3.26. The van der Waals surface area contributed by atoms with Crippen LogP contribution in [-0.4, -0.2) is 19.8 Å². The quantitative estimate of drug-likeness (QED) is 0.919. The Morgan fingerprint density at radius 2 is 1.55 bits per heavy atom. The lowest BCUT2D eigenvalue weighted by Gasteiger charge is -2.36. The van der Waals surface area contributed by atoms with Crippen LogP contribution in [0.25, 0.3) is 11.1 Å². The highest BCUT2D eigenvalue weighted by atomic mass is 32.2.